The van der Waals surface area contributed by atoms with Crippen LogP contribution in [0.2, 0.25) is 5.02 Å². The van der Waals surface area contributed by atoms with Gasteiger partial charge in [0.25, 0.3) is 0 Å². The van der Waals surface area contributed by atoms with Crippen molar-refractivity contribution in [3.63, 3.8) is 0 Å². The molecule has 0 aliphatic rings. The van der Waals surface area contributed by atoms with Gasteiger partial charge in [-0.15, -0.1) is 10.2 Å². The monoisotopic (exact) mass is 412 g/mol. The number of nitriles is 1. The summed E-state index contributed by atoms with van der Waals surface area (Å²) in [7, 11) is 0. The molecule has 2 heterocycles. The molecule has 3 rings (SSSR count). The van der Waals surface area contributed by atoms with E-state index in [0.29, 0.717) is 23.1 Å². The number of rotatable bonds is 7. The fourth-order valence-corrected chi connectivity index (χ4v) is 2.90. The van der Waals surface area contributed by atoms with Gasteiger partial charge in [-0.1, -0.05) is 41.9 Å². The van der Waals surface area contributed by atoms with Gasteiger partial charge in [-0.3, -0.25) is 9.20 Å². The molecule has 0 fully saturated rings. The summed E-state index contributed by atoms with van der Waals surface area (Å²) in [5, 5.41) is 20.8. The molecule has 29 heavy (non-hydrogen) atoms. The fourth-order valence-electron chi connectivity index (χ4n) is 2.69. The summed E-state index contributed by atoms with van der Waals surface area (Å²) in [5.41, 5.74) is 6.46. The van der Waals surface area contributed by atoms with E-state index in [1.165, 1.54) is 6.07 Å². The Morgan fingerprint density at radius 2 is 2.10 bits per heavy atom. The predicted molar refractivity (Wildman–Crippen MR) is 108 cm³/mol. The third-order valence-electron chi connectivity index (χ3n) is 4.22. The Labute approximate surface area is 173 Å². The number of nitrogens with zero attached hydrogens (tertiary/aromatic N) is 4. The van der Waals surface area contributed by atoms with Crippen molar-refractivity contribution < 1.29 is 9.53 Å². The number of carbonyl (C=O) groups excluding carboxylic acids is 1. The SMILES string of the molecule is CC(C)(N)C(=O)N[C@H](COCc1ccccc1)c1nnc2c(C#N)cc(Cl)cn12. The molecule has 3 N–H and O–H groups in total. The first-order chi connectivity index (χ1) is 13.8. The molecule has 2 aromatic heterocycles. The van der Waals surface area contributed by atoms with E-state index in [9.17, 15) is 10.1 Å². The van der Waals surface area contributed by atoms with Crippen LogP contribution in [0.1, 0.15) is 36.8 Å². The summed E-state index contributed by atoms with van der Waals surface area (Å²) in [6.45, 7) is 3.71. The normalized spacial score (nSPS) is 12.5. The smallest absolute Gasteiger partial charge is 0.240 e. The average Bonchev–Trinajstić information content (AvgIpc) is 3.10. The number of pyridine rings is 1. The number of hydrogen-bond donors (Lipinski definition) is 2. The molecule has 8 nitrogen and oxygen atoms in total. The van der Waals surface area contributed by atoms with Gasteiger partial charge in [0.05, 0.1) is 29.3 Å². The minimum Gasteiger partial charge on any atom is -0.374 e. The molecule has 0 saturated carbocycles. The van der Waals surface area contributed by atoms with Crippen LogP contribution >= 0.6 is 11.6 Å². The highest BCUT2D eigenvalue weighted by atomic mass is 35.5. The number of aromatic nitrogens is 3. The van der Waals surface area contributed by atoms with Gasteiger partial charge in [0.15, 0.2) is 11.5 Å². The molecule has 9 heteroatoms. The number of nitrogens with two attached hydrogens (primary N) is 1. The molecule has 0 saturated heterocycles. The zero-order valence-electron chi connectivity index (χ0n) is 16.1. The van der Waals surface area contributed by atoms with Gasteiger partial charge in [-0.05, 0) is 25.5 Å². The van der Waals surface area contributed by atoms with Gasteiger partial charge in [-0.25, -0.2) is 0 Å². The van der Waals surface area contributed by atoms with Gasteiger partial charge in [0.2, 0.25) is 5.91 Å². The number of benzene rings is 1. The van der Waals surface area contributed by atoms with Crippen LogP contribution in [0.4, 0.5) is 0 Å². The lowest BCUT2D eigenvalue weighted by molar-refractivity contribution is -0.126. The lowest BCUT2D eigenvalue weighted by atomic mass is 10.1. The van der Waals surface area contributed by atoms with Crippen LogP contribution in [0.25, 0.3) is 5.65 Å². The van der Waals surface area contributed by atoms with Crippen LogP contribution in [0.3, 0.4) is 0 Å². The second kappa shape index (κ2) is 8.57. The topological polar surface area (TPSA) is 118 Å². The maximum absolute atomic E-state index is 12.5. The number of fused-ring (bicyclic) bond motifs is 1. The number of hydrogen-bond acceptors (Lipinski definition) is 6. The molecular weight excluding hydrogens is 392 g/mol. The van der Waals surface area contributed by atoms with Crippen LogP contribution in [-0.2, 0) is 16.1 Å². The number of amides is 1. The lowest BCUT2D eigenvalue weighted by Crippen LogP contribution is -2.50. The minimum atomic E-state index is -1.09. The van der Waals surface area contributed by atoms with Gasteiger partial charge in [0.1, 0.15) is 12.1 Å². The van der Waals surface area contributed by atoms with E-state index < -0.39 is 11.6 Å². The average molecular weight is 413 g/mol. The zero-order valence-corrected chi connectivity index (χ0v) is 16.8. The highest BCUT2D eigenvalue weighted by molar-refractivity contribution is 6.30. The Hall–Kier alpha value is -2.99. The highest BCUT2D eigenvalue weighted by Gasteiger charge is 2.28. The molecule has 0 aliphatic heterocycles. The lowest BCUT2D eigenvalue weighted by Gasteiger charge is -2.23. The molecule has 1 aromatic carbocycles. The van der Waals surface area contributed by atoms with E-state index in [2.05, 4.69) is 15.5 Å². The molecule has 0 aliphatic carbocycles. The quantitative estimate of drug-likeness (QED) is 0.615. The molecule has 150 valence electrons. The fraction of sp³-hybridized carbons (Fsp3) is 0.300. The van der Waals surface area contributed by atoms with E-state index in [-0.39, 0.29) is 18.1 Å². The molecule has 0 radical (unpaired) electrons. The van der Waals surface area contributed by atoms with Gasteiger partial charge >= 0.3 is 0 Å². The van der Waals surface area contributed by atoms with E-state index in [1.54, 1.807) is 24.4 Å². The van der Waals surface area contributed by atoms with E-state index >= 15 is 0 Å². The number of carbonyl (C=O) groups is 1. The molecule has 1 atom stereocenters. The molecule has 0 bridgehead atoms. The Balaban J connectivity index is 1.90. The van der Waals surface area contributed by atoms with Crippen molar-refractivity contribution in [1.29, 1.82) is 5.26 Å². The molecule has 1 amide bonds. The molecule has 0 unspecified atom stereocenters. The summed E-state index contributed by atoms with van der Waals surface area (Å²) >= 11 is 6.13. The predicted octanol–water partition coefficient (Wildman–Crippen LogP) is 2.37. The van der Waals surface area contributed by atoms with E-state index in [1.807, 2.05) is 36.4 Å². The first-order valence-electron chi connectivity index (χ1n) is 8.95. The summed E-state index contributed by atoms with van der Waals surface area (Å²) < 4.78 is 7.40. The first kappa shape index (κ1) is 20.7. The maximum Gasteiger partial charge on any atom is 0.240 e. The van der Waals surface area contributed by atoms with Crippen molar-refractivity contribution in [2.24, 2.45) is 5.73 Å². The number of nitrogens with one attached hydrogen (secondary N) is 1. The third kappa shape index (κ3) is 4.90. The number of halogens is 1. The second-order valence-corrected chi connectivity index (χ2v) is 7.62. The molecule has 3 aromatic rings. The summed E-state index contributed by atoms with van der Waals surface area (Å²) in [4.78, 5) is 12.5. The third-order valence-corrected chi connectivity index (χ3v) is 4.42. The largest absolute Gasteiger partial charge is 0.374 e. The van der Waals surface area contributed by atoms with Crippen molar-refractivity contribution in [2.75, 3.05) is 6.61 Å². The van der Waals surface area contributed by atoms with Gasteiger partial charge < -0.3 is 15.8 Å². The van der Waals surface area contributed by atoms with Crippen LogP contribution in [0, 0.1) is 11.3 Å². The summed E-state index contributed by atoms with van der Waals surface area (Å²) in [5.74, 6) is 0.0229. The van der Waals surface area contributed by atoms with Crippen LogP contribution in [0.5, 0.6) is 0 Å². The highest BCUT2D eigenvalue weighted by Crippen LogP contribution is 2.21. The Morgan fingerprint density at radius 3 is 2.76 bits per heavy atom. The van der Waals surface area contributed by atoms with E-state index in [0.717, 1.165) is 5.56 Å². The van der Waals surface area contributed by atoms with Crippen molar-refractivity contribution in [3.8, 4) is 6.07 Å². The Kier molecular flexibility index (Phi) is 6.13. The van der Waals surface area contributed by atoms with Crippen LogP contribution in [-0.4, -0.2) is 32.7 Å². The summed E-state index contributed by atoms with van der Waals surface area (Å²) in [6, 6.07) is 12.6. The number of ether oxygens (including phenoxy) is 1. The molecular formula is C20H21ClN6O2. The Morgan fingerprint density at radius 1 is 1.38 bits per heavy atom. The minimum absolute atomic E-state index is 0.131. The zero-order chi connectivity index (χ0) is 21.0. The van der Waals surface area contributed by atoms with Crippen molar-refractivity contribution in [3.05, 3.63) is 64.6 Å². The van der Waals surface area contributed by atoms with E-state index in [4.69, 9.17) is 22.1 Å². The molecule has 0 spiro atoms. The standard InChI is InChI=1S/C20H21ClN6O2/c1-20(2,23)19(28)24-16(12-29-11-13-6-4-3-5-7-13)18-26-25-17-14(9-22)8-15(21)10-27(17)18/h3-8,10,16H,11-12,23H2,1-2H3,(H,24,28)/t16-/m1/s1. The van der Waals surface area contributed by atoms with Crippen LogP contribution in [0.15, 0.2) is 42.6 Å². The Bertz CT molecular complexity index is 1050. The van der Waals surface area contributed by atoms with Crippen molar-refractivity contribution in [1.82, 2.24) is 19.9 Å². The first-order valence-corrected chi connectivity index (χ1v) is 9.33. The van der Waals surface area contributed by atoms with Gasteiger partial charge in [-0.2, -0.15) is 5.26 Å². The van der Waals surface area contributed by atoms with Crippen molar-refractivity contribution >= 4 is 23.2 Å². The summed E-state index contributed by atoms with van der Waals surface area (Å²) in [6.07, 6.45) is 1.59. The van der Waals surface area contributed by atoms with Crippen LogP contribution < -0.4 is 11.1 Å². The second-order valence-electron chi connectivity index (χ2n) is 7.18. The van der Waals surface area contributed by atoms with Gasteiger partial charge in [0, 0.05) is 6.20 Å². The maximum atomic E-state index is 12.5. The van der Waals surface area contributed by atoms with Crippen molar-refractivity contribution in [2.45, 2.75) is 32.0 Å².